The van der Waals surface area contributed by atoms with Crippen molar-refractivity contribution in [2.24, 2.45) is 17.8 Å². The number of benzene rings is 3. The molecule has 0 saturated heterocycles. The number of carbonyl (C=O) groups excluding carboxylic acids is 1. The Bertz CT molecular complexity index is 1690. The molecule has 0 spiro atoms. The number of nitro groups is 1. The zero-order chi connectivity index (χ0) is 29.2. The average molecular weight is 570 g/mol. The van der Waals surface area contributed by atoms with Crippen LogP contribution in [0, 0.1) is 33.7 Å². The Kier molecular flexibility index (Phi) is 7.43. The minimum atomic E-state index is -0.844. The van der Waals surface area contributed by atoms with Crippen molar-refractivity contribution in [3.05, 3.63) is 106 Å². The second-order valence-electron chi connectivity index (χ2n) is 10.6. The lowest BCUT2D eigenvalue weighted by Crippen LogP contribution is -2.22. The standard InChI is InChI=1S/C32H28FN3O6/c1-40-30-16-25-27(34-10-9-28(25)42-29-8-7-24(36(38)39)15-26(29)33)17-31(30)41-18-19-11-21-13-23(14-22(21)12-19)35-32(37)20-5-3-2-4-6-20/h2-10,13,15-17,19,21-22H,11-12,14,18H2,1H3,(H,35,37). The molecule has 1 amide bonds. The van der Waals surface area contributed by atoms with E-state index in [9.17, 15) is 19.3 Å². The van der Waals surface area contributed by atoms with Crippen LogP contribution in [0.1, 0.15) is 29.6 Å². The van der Waals surface area contributed by atoms with Crippen LogP contribution < -0.4 is 19.5 Å². The van der Waals surface area contributed by atoms with Gasteiger partial charge in [0.25, 0.3) is 11.6 Å². The van der Waals surface area contributed by atoms with Crippen molar-refractivity contribution in [2.75, 3.05) is 13.7 Å². The molecule has 2 aliphatic rings. The summed E-state index contributed by atoms with van der Waals surface area (Å²) in [5.41, 5.74) is 1.85. The van der Waals surface area contributed by atoms with E-state index in [2.05, 4.69) is 16.4 Å². The molecule has 1 heterocycles. The van der Waals surface area contributed by atoms with E-state index in [0.717, 1.165) is 31.0 Å². The van der Waals surface area contributed by atoms with Crippen LogP contribution in [-0.4, -0.2) is 29.5 Å². The number of nitro benzene ring substituents is 1. The van der Waals surface area contributed by atoms with Crippen LogP contribution in [0.2, 0.25) is 0 Å². The minimum absolute atomic E-state index is 0.0786. The van der Waals surface area contributed by atoms with Gasteiger partial charge < -0.3 is 19.5 Å². The Morgan fingerprint density at radius 1 is 1.05 bits per heavy atom. The molecule has 3 unspecified atom stereocenters. The number of pyridine rings is 1. The van der Waals surface area contributed by atoms with E-state index >= 15 is 0 Å². The number of hydrogen-bond donors (Lipinski definition) is 1. The van der Waals surface area contributed by atoms with Gasteiger partial charge in [-0.2, -0.15) is 0 Å². The predicted molar refractivity (Wildman–Crippen MR) is 153 cm³/mol. The minimum Gasteiger partial charge on any atom is -0.493 e. The van der Waals surface area contributed by atoms with Crippen molar-refractivity contribution >= 4 is 22.5 Å². The van der Waals surface area contributed by atoms with Crippen LogP contribution in [0.25, 0.3) is 10.9 Å². The van der Waals surface area contributed by atoms with E-state index < -0.39 is 10.7 Å². The second-order valence-corrected chi connectivity index (χ2v) is 10.6. The number of fused-ring (bicyclic) bond motifs is 2. The van der Waals surface area contributed by atoms with E-state index in [1.807, 2.05) is 30.3 Å². The lowest BCUT2D eigenvalue weighted by Gasteiger charge is -2.17. The molecule has 10 heteroatoms. The molecule has 1 aromatic heterocycles. The molecular formula is C32H28FN3O6. The molecule has 214 valence electrons. The third kappa shape index (κ3) is 5.60. The van der Waals surface area contributed by atoms with Gasteiger partial charge in [0.2, 0.25) is 0 Å². The Labute approximate surface area is 241 Å². The first-order chi connectivity index (χ1) is 20.4. The Balaban J connectivity index is 1.11. The van der Waals surface area contributed by atoms with Crippen LogP contribution >= 0.6 is 0 Å². The molecule has 1 saturated carbocycles. The van der Waals surface area contributed by atoms with Crippen LogP contribution in [-0.2, 0) is 0 Å². The normalized spacial score (nSPS) is 19.2. The number of nitrogens with zero attached hydrogens (tertiary/aromatic N) is 2. The van der Waals surface area contributed by atoms with Crippen LogP contribution in [0.4, 0.5) is 10.1 Å². The van der Waals surface area contributed by atoms with Crippen molar-refractivity contribution < 1.29 is 28.3 Å². The topological polar surface area (TPSA) is 113 Å². The molecule has 1 N–H and O–H groups in total. The number of nitrogens with one attached hydrogen (secondary N) is 1. The van der Waals surface area contributed by atoms with Gasteiger partial charge in [0.05, 0.1) is 30.2 Å². The fourth-order valence-electron chi connectivity index (χ4n) is 5.86. The van der Waals surface area contributed by atoms with Crippen molar-refractivity contribution in [3.8, 4) is 23.0 Å². The first kappa shape index (κ1) is 27.2. The highest BCUT2D eigenvalue weighted by molar-refractivity contribution is 5.95. The van der Waals surface area contributed by atoms with Gasteiger partial charge in [0.15, 0.2) is 23.1 Å². The molecule has 4 aromatic rings. The van der Waals surface area contributed by atoms with Crippen molar-refractivity contribution in [1.29, 1.82) is 0 Å². The Morgan fingerprint density at radius 2 is 1.88 bits per heavy atom. The van der Waals surface area contributed by atoms with Gasteiger partial charge in [-0.1, -0.05) is 24.3 Å². The quantitative estimate of drug-likeness (QED) is 0.174. The second kappa shape index (κ2) is 11.5. The molecule has 0 aliphatic heterocycles. The van der Waals surface area contributed by atoms with Gasteiger partial charge in [-0.05, 0) is 67.3 Å². The summed E-state index contributed by atoms with van der Waals surface area (Å²) in [4.78, 5) is 27.2. The monoisotopic (exact) mass is 569 g/mol. The van der Waals surface area contributed by atoms with Crippen LogP contribution in [0.15, 0.2) is 84.7 Å². The van der Waals surface area contributed by atoms with Crippen molar-refractivity contribution in [3.63, 3.8) is 0 Å². The van der Waals surface area contributed by atoms with Crippen LogP contribution in [0.3, 0.4) is 0 Å². The molecule has 42 heavy (non-hydrogen) atoms. The number of carbonyl (C=O) groups is 1. The maximum absolute atomic E-state index is 14.5. The van der Waals surface area contributed by atoms with Gasteiger partial charge >= 0.3 is 0 Å². The summed E-state index contributed by atoms with van der Waals surface area (Å²) >= 11 is 0. The lowest BCUT2D eigenvalue weighted by molar-refractivity contribution is -0.385. The zero-order valence-corrected chi connectivity index (χ0v) is 22.8. The number of methoxy groups -OCH3 is 1. The summed E-state index contributed by atoms with van der Waals surface area (Å²) in [6.07, 6.45) is 6.55. The van der Waals surface area contributed by atoms with Gasteiger partial charge in [-0.3, -0.25) is 19.9 Å². The lowest BCUT2D eigenvalue weighted by atomic mass is 10.00. The molecule has 6 rings (SSSR count). The van der Waals surface area contributed by atoms with Crippen molar-refractivity contribution in [1.82, 2.24) is 10.3 Å². The molecule has 1 fully saturated rings. The highest BCUT2D eigenvalue weighted by Gasteiger charge is 2.38. The van der Waals surface area contributed by atoms with E-state index in [0.29, 0.717) is 58.1 Å². The number of hydrogen-bond acceptors (Lipinski definition) is 7. The largest absolute Gasteiger partial charge is 0.493 e. The SMILES string of the molecule is COc1cc2c(Oc3ccc([N+](=O)[O-])cc3F)ccnc2cc1OCC1CC2C=C(NC(=O)c3ccccc3)CC2C1. The van der Waals surface area contributed by atoms with Crippen LogP contribution in [0.5, 0.6) is 23.0 Å². The molecule has 0 radical (unpaired) electrons. The first-order valence-corrected chi connectivity index (χ1v) is 13.7. The number of ether oxygens (including phenoxy) is 3. The molecule has 2 aliphatic carbocycles. The third-order valence-electron chi connectivity index (χ3n) is 7.86. The number of allylic oxidation sites excluding steroid dienone is 2. The summed E-state index contributed by atoms with van der Waals surface area (Å²) in [5.74, 6) is 1.52. The van der Waals surface area contributed by atoms with Gasteiger partial charge in [-0.15, -0.1) is 0 Å². The number of non-ortho nitro benzene ring substituents is 1. The predicted octanol–water partition coefficient (Wildman–Crippen LogP) is 6.82. The molecule has 9 nitrogen and oxygen atoms in total. The summed E-state index contributed by atoms with van der Waals surface area (Å²) in [6, 6.07) is 17.5. The Hall–Kier alpha value is -4.99. The third-order valence-corrected chi connectivity index (χ3v) is 7.86. The average Bonchev–Trinajstić information content (AvgIpc) is 3.55. The summed E-state index contributed by atoms with van der Waals surface area (Å²) in [5, 5.41) is 14.6. The summed E-state index contributed by atoms with van der Waals surface area (Å²) < 4.78 is 32.1. The maximum atomic E-state index is 14.5. The highest BCUT2D eigenvalue weighted by atomic mass is 19.1. The summed E-state index contributed by atoms with van der Waals surface area (Å²) in [7, 11) is 1.54. The summed E-state index contributed by atoms with van der Waals surface area (Å²) in [6.45, 7) is 0.513. The van der Waals surface area contributed by atoms with E-state index in [1.165, 1.54) is 25.4 Å². The van der Waals surface area contributed by atoms with Gasteiger partial charge in [0.1, 0.15) is 5.75 Å². The fourth-order valence-corrected chi connectivity index (χ4v) is 5.86. The Morgan fingerprint density at radius 3 is 2.62 bits per heavy atom. The molecule has 0 bridgehead atoms. The van der Waals surface area contributed by atoms with E-state index in [1.54, 1.807) is 18.2 Å². The first-order valence-electron chi connectivity index (χ1n) is 13.7. The zero-order valence-electron chi connectivity index (χ0n) is 22.8. The fraction of sp³-hybridized carbons (Fsp3) is 0.250. The smallest absolute Gasteiger partial charge is 0.272 e. The van der Waals surface area contributed by atoms with Crippen molar-refractivity contribution in [2.45, 2.75) is 19.3 Å². The molecular weight excluding hydrogens is 541 g/mol. The maximum Gasteiger partial charge on any atom is 0.272 e. The van der Waals surface area contributed by atoms with Gasteiger partial charge in [0, 0.05) is 35.0 Å². The number of aromatic nitrogens is 1. The van der Waals surface area contributed by atoms with E-state index in [-0.39, 0.29) is 17.3 Å². The number of halogens is 1. The number of rotatable bonds is 9. The number of amides is 1. The van der Waals surface area contributed by atoms with E-state index in [4.69, 9.17) is 14.2 Å². The molecule has 3 atom stereocenters. The highest BCUT2D eigenvalue weighted by Crippen LogP contribution is 2.46. The molecule has 3 aromatic carbocycles. The van der Waals surface area contributed by atoms with Gasteiger partial charge in [-0.25, -0.2) is 4.39 Å².